The van der Waals surface area contributed by atoms with Crippen LogP contribution in [0.2, 0.25) is 0 Å². The molecule has 1 aromatic rings. The van der Waals surface area contributed by atoms with Gasteiger partial charge in [-0.15, -0.1) is 0 Å². The Morgan fingerprint density at radius 3 is 2.42 bits per heavy atom. The van der Waals surface area contributed by atoms with Gasteiger partial charge >= 0.3 is 0 Å². The van der Waals surface area contributed by atoms with E-state index >= 15 is 0 Å². The molecule has 0 radical (unpaired) electrons. The highest BCUT2D eigenvalue weighted by molar-refractivity contribution is 7.89. The summed E-state index contributed by atoms with van der Waals surface area (Å²) in [5.74, 6) is 0. The summed E-state index contributed by atoms with van der Waals surface area (Å²) >= 11 is 0. The van der Waals surface area contributed by atoms with Crippen LogP contribution in [0.25, 0.3) is 0 Å². The molecule has 0 aromatic heterocycles. The average molecular weight is 282 g/mol. The molecule has 1 atom stereocenters. The molecule has 0 amide bonds. The third-order valence-corrected chi connectivity index (χ3v) is 6.10. The van der Waals surface area contributed by atoms with Crippen molar-refractivity contribution in [2.45, 2.75) is 51.0 Å². The second-order valence-corrected chi connectivity index (χ2v) is 7.13. The van der Waals surface area contributed by atoms with Gasteiger partial charge in [-0.1, -0.05) is 6.92 Å². The topological polar surface area (TPSA) is 63.4 Å². The number of anilines is 1. The van der Waals surface area contributed by atoms with Crippen LogP contribution in [0.1, 0.15) is 37.3 Å². The molecule has 2 N–H and O–H groups in total. The summed E-state index contributed by atoms with van der Waals surface area (Å²) in [6.45, 7) is 6.30. The van der Waals surface area contributed by atoms with Crippen molar-refractivity contribution in [1.82, 2.24) is 4.31 Å². The SMILES string of the molecule is CCC1CCCN1S(=O)(=O)c1c(C)cc(N)cc1C. The second-order valence-electron chi connectivity index (χ2n) is 5.30. The van der Waals surface area contributed by atoms with Crippen molar-refractivity contribution in [3.63, 3.8) is 0 Å². The van der Waals surface area contributed by atoms with Crippen LogP contribution in [-0.2, 0) is 10.0 Å². The molecule has 1 unspecified atom stereocenters. The van der Waals surface area contributed by atoms with Crippen LogP contribution < -0.4 is 5.73 Å². The normalized spacial score (nSPS) is 20.9. The van der Waals surface area contributed by atoms with E-state index in [0.29, 0.717) is 17.1 Å². The van der Waals surface area contributed by atoms with Crippen molar-refractivity contribution < 1.29 is 8.42 Å². The number of nitrogens with zero attached hydrogens (tertiary/aromatic N) is 1. The first-order valence-electron chi connectivity index (χ1n) is 6.76. The average Bonchev–Trinajstić information content (AvgIpc) is 2.75. The third kappa shape index (κ3) is 2.49. The fourth-order valence-corrected chi connectivity index (χ4v) is 5.22. The van der Waals surface area contributed by atoms with Crippen LogP contribution in [0.3, 0.4) is 0 Å². The van der Waals surface area contributed by atoms with Crippen LogP contribution in [0.5, 0.6) is 0 Å². The first-order chi connectivity index (χ1) is 8.87. The maximum atomic E-state index is 12.8. The maximum Gasteiger partial charge on any atom is 0.243 e. The van der Waals surface area contributed by atoms with Gasteiger partial charge in [-0.05, 0) is 56.4 Å². The van der Waals surface area contributed by atoms with Gasteiger partial charge in [0.15, 0.2) is 0 Å². The Labute approximate surface area is 115 Å². The van der Waals surface area contributed by atoms with Gasteiger partial charge in [0.25, 0.3) is 0 Å². The number of sulfonamides is 1. The van der Waals surface area contributed by atoms with Gasteiger partial charge in [0.05, 0.1) is 4.90 Å². The van der Waals surface area contributed by atoms with E-state index in [1.54, 1.807) is 16.4 Å². The van der Waals surface area contributed by atoms with Crippen molar-refractivity contribution in [1.29, 1.82) is 0 Å². The number of nitrogens with two attached hydrogens (primary N) is 1. The van der Waals surface area contributed by atoms with Gasteiger partial charge in [-0.2, -0.15) is 4.31 Å². The van der Waals surface area contributed by atoms with Crippen LogP contribution in [0.15, 0.2) is 17.0 Å². The Hall–Kier alpha value is -1.07. The van der Waals surface area contributed by atoms with Crippen molar-refractivity contribution in [3.8, 4) is 0 Å². The molecule has 1 aliphatic rings. The molecule has 0 spiro atoms. The number of aryl methyl sites for hydroxylation is 2. The van der Waals surface area contributed by atoms with Crippen LogP contribution >= 0.6 is 0 Å². The Morgan fingerprint density at radius 1 is 1.32 bits per heavy atom. The highest BCUT2D eigenvalue weighted by Gasteiger charge is 2.35. The predicted molar refractivity (Wildman–Crippen MR) is 77.5 cm³/mol. The van der Waals surface area contributed by atoms with Crippen molar-refractivity contribution >= 4 is 15.7 Å². The molecule has 1 saturated heterocycles. The molecular formula is C14H22N2O2S. The summed E-state index contributed by atoms with van der Waals surface area (Å²) in [5, 5.41) is 0. The summed E-state index contributed by atoms with van der Waals surface area (Å²) in [4.78, 5) is 0.432. The zero-order valence-electron chi connectivity index (χ0n) is 11.8. The summed E-state index contributed by atoms with van der Waals surface area (Å²) in [6.07, 6.45) is 2.78. The van der Waals surface area contributed by atoms with E-state index in [4.69, 9.17) is 5.73 Å². The molecule has 1 aromatic carbocycles. The monoisotopic (exact) mass is 282 g/mol. The molecule has 19 heavy (non-hydrogen) atoms. The van der Waals surface area contributed by atoms with E-state index < -0.39 is 10.0 Å². The highest BCUT2D eigenvalue weighted by Crippen LogP contribution is 2.31. The summed E-state index contributed by atoms with van der Waals surface area (Å²) < 4.78 is 27.3. The molecule has 5 heteroatoms. The van der Waals surface area contributed by atoms with Gasteiger partial charge in [-0.25, -0.2) is 8.42 Å². The maximum absolute atomic E-state index is 12.8. The Balaban J connectivity index is 2.51. The van der Waals surface area contributed by atoms with E-state index in [9.17, 15) is 8.42 Å². The largest absolute Gasteiger partial charge is 0.399 e. The molecule has 2 rings (SSSR count). The lowest BCUT2D eigenvalue weighted by Gasteiger charge is -2.25. The summed E-state index contributed by atoms with van der Waals surface area (Å²) in [6, 6.07) is 3.61. The van der Waals surface area contributed by atoms with Crippen LogP contribution in [0, 0.1) is 13.8 Å². The minimum atomic E-state index is -3.40. The van der Waals surface area contributed by atoms with Gasteiger partial charge in [0.2, 0.25) is 10.0 Å². The Morgan fingerprint density at radius 2 is 1.89 bits per heavy atom. The van der Waals surface area contributed by atoms with Gasteiger partial charge in [0, 0.05) is 18.3 Å². The van der Waals surface area contributed by atoms with Crippen molar-refractivity contribution in [3.05, 3.63) is 23.3 Å². The Bertz CT molecular complexity index is 558. The van der Waals surface area contributed by atoms with E-state index in [1.165, 1.54) is 0 Å². The Kier molecular flexibility index (Phi) is 3.87. The molecule has 0 bridgehead atoms. The molecule has 4 nitrogen and oxygen atoms in total. The van der Waals surface area contributed by atoms with Crippen LogP contribution in [-0.4, -0.2) is 25.3 Å². The molecular weight excluding hydrogens is 260 g/mol. The van der Waals surface area contributed by atoms with Gasteiger partial charge < -0.3 is 5.73 Å². The number of nitrogen functional groups attached to an aromatic ring is 1. The standard InChI is InChI=1S/C14H22N2O2S/c1-4-13-6-5-7-16(13)19(17,18)14-10(2)8-12(15)9-11(14)3/h8-9,13H,4-7,15H2,1-3H3. The minimum absolute atomic E-state index is 0.140. The van der Waals surface area contributed by atoms with Gasteiger partial charge in [-0.3, -0.25) is 0 Å². The van der Waals surface area contributed by atoms with Crippen molar-refractivity contribution in [2.75, 3.05) is 12.3 Å². The molecule has 106 valence electrons. The fourth-order valence-electron chi connectivity index (χ4n) is 3.04. The van der Waals surface area contributed by atoms with E-state index in [-0.39, 0.29) is 6.04 Å². The lowest BCUT2D eigenvalue weighted by atomic mass is 10.1. The minimum Gasteiger partial charge on any atom is -0.399 e. The number of hydrogen-bond acceptors (Lipinski definition) is 3. The van der Waals surface area contributed by atoms with E-state index in [0.717, 1.165) is 30.4 Å². The lowest BCUT2D eigenvalue weighted by molar-refractivity contribution is 0.379. The van der Waals surface area contributed by atoms with E-state index in [2.05, 4.69) is 0 Å². The molecule has 0 saturated carbocycles. The zero-order chi connectivity index (χ0) is 14.2. The van der Waals surface area contributed by atoms with E-state index in [1.807, 2.05) is 20.8 Å². The quantitative estimate of drug-likeness (QED) is 0.866. The third-order valence-electron chi connectivity index (χ3n) is 3.84. The summed E-state index contributed by atoms with van der Waals surface area (Å²) in [5.41, 5.74) is 7.85. The second kappa shape index (κ2) is 5.13. The first-order valence-corrected chi connectivity index (χ1v) is 8.20. The highest BCUT2D eigenvalue weighted by atomic mass is 32.2. The van der Waals surface area contributed by atoms with Gasteiger partial charge in [0.1, 0.15) is 0 Å². The summed E-state index contributed by atoms with van der Waals surface area (Å²) in [7, 11) is -3.40. The number of benzene rings is 1. The molecule has 0 aliphatic carbocycles. The predicted octanol–water partition coefficient (Wildman–Crippen LogP) is 2.45. The lowest BCUT2D eigenvalue weighted by Crippen LogP contribution is -2.35. The smallest absolute Gasteiger partial charge is 0.243 e. The number of hydrogen-bond donors (Lipinski definition) is 1. The molecule has 1 aliphatic heterocycles. The fraction of sp³-hybridized carbons (Fsp3) is 0.571. The van der Waals surface area contributed by atoms with Crippen LogP contribution in [0.4, 0.5) is 5.69 Å². The molecule has 1 fully saturated rings. The zero-order valence-corrected chi connectivity index (χ0v) is 12.6. The molecule has 1 heterocycles. The number of rotatable bonds is 3. The first kappa shape index (κ1) is 14.3. The van der Waals surface area contributed by atoms with Crippen molar-refractivity contribution in [2.24, 2.45) is 0 Å².